The lowest BCUT2D eigenvalue weighted by molar-refractivity contribution is -0.116. The van der Waals surface area contributed by atoms with E-state index in [9.17, 15) is 13.2 Å². The molecule has 146 valence electrons. The summed E-state index contributed by atoms with van der Waals surface area (Å²) in [6.07, 6.45) is 0. The van der Waals surface area contributed by atoms with Gasteiger partial charge in [-0.1, -0.05) is 17.7 Å². The molecular weight excluding hydrogens is 392 g/mol. The zero-order valence-corrected chi connectivity index (χ0v) is 17.0. The highest BCUT2D eigenvalue weighted by atomic mass is 35.5. The van der Waals surface area contributed by atoms with Crippen LogP contribution in [-0.2, 0) is 14.8 Å². The van der Waals surface area contributed by atoms with Crippen molar-refractivity contribution in [3.8, 4) is 11.5 Å². The lowest BCUT2D eigenvalue weighted by Gasteiger charge is -2.18. The molecule has 0 spiro atoms. The highest BCUT2D eigenvalue weighted by Gasteiger charge is 2.24. The Morgan fingerprint density at radius 2 is 1.74 bits per heavy atom. The van der Waals surface area contributed by atoms with Crippen molar-refractivity contribution in [1.29, 1.82) is 0 Å². The van der Waals surface area contributed by atoms with Gasteiger partial charge in [0.2, 0.25) is 15.9 Å². The second-order valence-electron chi connectivity index (χ2n) is 5.81. The predicted octanol–water partition coefficient (Wildman–Crippen LogP) is 2.92. The summed E-state index contributed by atoms with van der Waals surface area (Å²) in [6.45, 7) is 1.50. The van der Waals surface area contributed by atoms with Crippen LogP contribution in [0.4, 0.5) is 5.69 Å². The highest BCUT2D eigenvalue weighted by molar-refractivity contribution is 7.89. The average Bonchev–Trinajstić information content (AvgIpc) is 2.61. The third kappa shape index (κ3) is 4.91. The zero-order valence-electron chi connectivity index (χ0n) is 15.4. The topological polar surface area (TPSA) is 84.9 Å². The minimum Gasteiger partial charge on any atom is -0.495 e. The van der Waals surface area contributed by atoms with Gasteiger partial charge in [0.05, 0.1) is 36.4 Å². The molecular formula is C18H21ClN2O5S. The smallest absolute Gasteiger partial charge is 0.243 e. The van der Waals surface area contributed by atoms with E-state index in [1.54, 1.807) is 12.1 Å². The van der Waals surface area contributed by atoms with Gasteiger partial charge >= 0.3 is 0 Å². The van der Waals surface area contributed by atoms with E-state index in [4.69, 9.17) is 21.1 Å². The summed E-state index contributed by atoms with van der Waals surface area (Å²) < 4.78 is 36.5. The number of amides is 1. The standard InChI is InChI=1S/C18H21ClN2O5S/c1-12-5-7-17(26-4)15(9-12)20-18(22)11-21(2)27(23,24)13-6-8-16(25-3)14(19)10-13/h5-10H,11H2,1-4H3,(H,20,22). The van der Waals surface area contributed by atoms with Crippen LogP contribution in [0.3, 0.4) is 0 Å². The molecule has 2 aromatic carbocycles. The molecule has 0 saturated heterocycles. The first kappa shape index (κ1) is 21.0. The van der Waals surface area contributed by atoms with Crippen molar-refractivity contribution in [2.45, 2.75) is 11.8 Å². The SMILES string of the molecule is COc1ccc(S(=O)(=O)N(C)CC(=O)Nc2cc(C)ccc2OC)cc1Cl. The predicted molar refractivity (Wildman–Crippen MR) is 104 cm³/mol. The summed E-state index contributed by atoms with van der Waals surface area (Å²) in [5.41, 5.74) is 1.40. The molecule has 0 unspecified atom stereocenters. The molecule has 2 rings (SSSR count). The Bertz CT molecular complexity index is 947. The summed E-state index contributed by atoms with van der Waals surface area (Å²) in [5, 5.41) is 2.84. The third-order valence-electron chi connectivity index (χ3n) is 3.83. The van der Waals surface area contributed by atoms with E-state index in [2.05, 4.69) is 5.32 Å². The molecule has 0 bridgehead atoms. The van der Waals surface area contributed by atoms with Crippen LogP contribution in [0.15, 0.2) is 41.3 Å². The number of methoxy groups -OCH3 is 2. The molecule has 27 heavy (non-hydrogen) atoms. The lowest BCUT2D eigenvalue weighted by atomic mass is 10.2. The fourth-order valence-electron chi connectivity index (χ4n) is 2.38. The Balaban J connectivity index is 2.16. The molecule has 0 radical (unpaired) electrons. The van der Waals surface area contributed by atoms with Gasteiger partial charge in [-0.2, -0.15) is 4.31 Å². The number of hydrogen-bond acceptors (Lipinski definition) is 5. The van der Waals surface area contributed by atoms with Crippen LogP contribution in [0.25, 0.3) is 0 Å². The number of rotatable bonds is 7. The van der Waals surface area contributed by atoms with Gasteiger partial charge in [-0.3, -0.25) is 4.79 Å². The van der Waals surface area contributed by atoms with Crippen molar-refractivity contribution < 1.29 is 22.7 Å². The van der Waals surface area contributed by atoms with Crippen molar-refractivity contribution in [3.05, 3.63) is 47.0 Å². The van der Waals surface area contributed by atoms with Gasteiger partial charge in [-0.25, -0.2) is 8.42 Å². The molecule has 1 amide bonds. The number of nitrogens with zero attached hydrogens (tertiary/aromatic N) is 1. The first-order valence-electron chi connectivity index (χ1n) is 7.93. The Kier molecular flexibility index (Phi) is 6.69. The van der Waals surface area contributed by atoms with Crippen molar-refractivity contribution in [2.24, 2.45) is 0 Å². The van der Waals surface area contributed by atoms with Crippen molar-refractivity contribution in [1.82, 2.24) is 4.31 Å². The summed E-state index contributed by atoms with van der Waals surface area (Å²) in [7, 11) is 0.350. The number of nitrogens with one attached hydrogen (secondary N) is 1. The van der Waals surface area contributed by atoms with Gasteiger partial charge < -0.3 is 14.8 Å². The Hall–Kier alpha value is -2.29. The Morgan fingerprint density at radius 3 is 2.33 bits per heavy atom. The van der Waals surface area contributed by atoms with E-state index in [0.29, 0.717) is 17.2 Å². The molecule has 0 fully saturated rings. The molecule has 0 aliphatic heterocycles. The maximum absolute atomic E-state index is 12.7. The second-order valence-corrected chi connectivity index (χ2v) is 8.26. The molecule has 2 aromatic rings. The number of sulfonamides is 1. The monoisotopic (exact) mass is 412 g/mol. The van der Waals surface area contributed by atoms with Crippen molar-refractivity contribution >= 4 is 33.2 Å². The number of ether oxygens (including phenoxy) is 2. The number of benzene rings is 2. The summed E-state index contributed by atoms with van der Waals surface area (Å²) in [5.74, 6) is 0.355. The summed E-state index contributed by atoms with van der Waals surface area (Å²) in [6, 6.07) is 9.43. The molecule has 0 aliphatic rings. The van der Waals surface area contributed by atoms with Gasteiger partial charge in [0.1, 0.15) is 11.5 Å². The summed E-state index contributed by atoms with van der Waals surface area (Å²) >= 11 is 6.00. The Labute approximate surface area is 163 Å². The van der Waals surface area contributed by atoms with Crippen LogP contribution in [0, 0.1) is 6.92 Å². The van der Waals surface area contributed by atoms with Crippen LogP contribution >= 0.6 is 11.6 Å². The van der Waals surface area contributed by atoms with E-state index in [-0.39, 0.29) is 16.5 Å². The van der Waals surface area contributed by atoms with Gasteiger partial charge in [0.25, 0.3) is 0 Å². The first-order valence-corrected chi connectivity index (χ1v) is 9.75. The molecule has 0 aromatic heterocycles. The minimum absolute atomic E-state index is 0.0308. The molecule has 0 heterocycles. The first-order chi connectivity index (χ1) is 12.7. The maximum Gasteiger partial charge on any atom is 0.243 e. The van der Waals surface area contributed by atoms with E-state index in [0.717, 1.165) is 9.87 Å². The molecule has 1 N–H and O–H groups in total. The average molecular weight is 413 g/mol. The van der Waals surface area contributed by atoms with E-state index < -0.39 is 15.9 Å². The number of hydrogen-bond donors (Lipinski definition) is 1. The van der Waals surface area contributed by atoms with Gasteiger partial charge in [-0.05, 0) is 42.8 Å². The number of halogens is 1. The van der Waals surface area contributed by atoms with Crippen molar-refractivity contribution in [2.75, 3.05) is 33.1 Å². The van der Waals surface area contributed by atoms with Gasteiger partial charge in [0, 0.05) is 7.05 Å². The van der Waals surface area contributed by atoms with Crippen LogP contribution in [-0.4, -0.2) is 46.4 Å². The number of carbonyl (C=O) groups excluding carboxylic acids is 1. The minimum atomic E-state index is -3.90. The summed E-state index contributed by atoms with van der Waals surface area (Å²) in [4.78, 5) is 12.3. The highest BCUT2D eigenvalue weighted by Crippen LogP contribution is 2.28. The zero-order chi connectivity index (χ0) is 20.2. The van der Waals surface area contributed by atoms with E-state index in [1.807, 2.05) is 13.0 Å². The van der Waals surface area contributed by atoms with Crippen LogP contribution in [0.2, 0.25) is 5.02 Å². The number of anilines is 1. The van der Waals surface area contributed by atoms with E-state index in [1.165, 1.54) is 39.5 Å². The quantitative estimate of drug-likeness (QED) is 0.755. The van der Waals surface area contributed by atoms with Crippen LogP contribution in [0.1, 0.15) is 5.56 Å². The fourth-order valence-corrected chi connectivity index (χ4v) is 3.86. The van der Waals surface area contributed by atoms with Crippen molar-refractivity contribution in [3.63, 3.8) is 0 Å². The van der Waals surface area contributed by atoms with Gasteiger partial charge in [-0.15, -0.1) is 0 Å². The largest absolute Gasteiger partial charge is 0.495 e. The second kappa shape index (κ2) is 8.60. The number of carbonyl (C=O) groups is 1. The number of aryl methyl sites for hydroxylation is 1. The molecule has 7 nitrogen and oxygen atoms in total. The Morgan fingerprint density at radius 1 is 1.11 bits per heavy atom. The molecule has 0 saturated carbocycles. The third-order valence-corrected chi connectivity index (χ3v) is 5.92. The fraction of sp³-hybridized carbons (Fsp3) is 0.278. The normalized spacial score (nSPS) is 11.3. The molecule has 9 heteroatoms. The molecule has 0 atom stereocenters. The maximum atomic E-state index is 12.7. The lowest BCUT2D eigenvalue weighted by Crippen LogP contribution is -2.35. The van der Waals surface area contributed by atoms with Crippen LogP contribution in [0.5, 0.6) is 11.5 Å². The molecule has 0 aliphatic carbocycles. The van der Waals surface area contributed by atoms with E-state index >= 15 is 0 Å². The number of likely N-dealkylation sites (N-methyl/N-ethyl adjacent to an activating group) is 1. The van der Waals surface area contributed by atoms with Crippen LogP contribution < -0.4 is 14.8 Å². The van der Waals surface area contributed by atoms with Gasteiger partial charge in [0.15, 0.2) is 0 Å².